The van der Waals surface area contributed by atoms with E-state index in [9.17, 15) is 28.8 Å². The molecule has 228 valence electrons. The molecule has 11 heteroatoms. The fourth-order valence-electron chi connectivity index (χ4n) is 4.97. The molecule has 0 bridgehead atoms. The van der Waals surface area contributed by atoms with E-state index in [1.807, 2.05) is 60.7 Å². The summed E-state index contributed by atoms with van der Waals surface area (Å²) in [5.41, 5.74) is 2.55. The Hall–Kier alpha value is -5.32. The van der Waals surface area contributed by atoms with Gasteiger partial charge in [-0.1, -0.05) is 72.8 Å². The third-order valence-electron chi connectivity index (χ3n) is 7.27. The number of amides is 4. The minimum absolute atomic E-state index is 0.0952. The van der Waals surface area contributed by atoms with Crippen molar-refractivity contribution in [1.29, 1.82) is 0 Å². The van der Waals surface area contributed by atoms with Crippen molar-refractivity contribution in [1.82, 2.24) is 10.6 Å². The Balaban J connectivity index is 1.60. The summed E-state index contributed by atoms with van der Waals surface area (Å²) >= 11 is 0. The molecule has 44 heavy (non-hydrogen) atoms. The second-order valence-corrected chi connectivity index (χ2v) is 10.5. The first-order valence-corrected chi connectivity index (χ1v) is 14.3. The fraction of sp³-hybridized carbons (Fsp3) is 0.273. The molecule has 0 spiro atoms. The van der Waals surface area contributed by atoms with Gasteiger partial charge in [0.25, 0.3) is 11.7 Å². The van der Waals surface area contributed by atoms with E-state index in [1.54, 1.807) is 24.3 Å². The van der Waals surface area contributed by atoms with Crippen LogP contribution in [0.4, 0.5) is 11.4 Å². The fourth-order valence-corrected chi connectivity index (χ4v) is 4.97. The first-order chi connectivity index (χ1) is 21.1. The van der Waals surface area contributed by atoms with Gasteiger partial charge in [-0.2, -0.15) is 0 Å². The largest absolute Gasteiger partial charge is 0.475 e. The zero-order chi connectivity index (χ0) is 31.6. The summed E-state index contributed by atoms with van der Waals surface area (Å²) in [6.07, 6.45) is 1.13. The highest BCUT2D eigenvalue weighted by Gasteiger charge is 2.37. The minimum atomic E-state index is -1.70. The molecule has 0 aliphatic carbocycles. The van der Waals surface area contributed by atoms with Crippen LogP contribution in [0.5, 0.6) is 0 Å². The molecule has 4 amide bonds. The normalized spacial score (nSPS) is 15.0. The molecular formula is C33H34N4O7. The predicted octanol–water partition coefficient (Wildman–Crippen LogP) is 2.27. The zero-order valence-electron chi connectivity index (χ0n) is 24.3. The van der Waals surface area contributed by atoms with E-state index in [0.717, 1.165) is 16.0 Å². The molecule has 1 aliphatic heterocycles. The summed E-state index contributed by atoms with van der Waals surface area (Å²) in [7, 11) is 0. The number of fused-ring (bicyclic) bond motifs is 1. The van der Waals surface area contributed by atoms with Gasteiger partial charge in [-0.3, -0.25) is 28.9 Å². The average Bonchev–Trinajstić information content (AvgIpc) is 3.14. The van der Waals surface area contributed by atoms with Gasteiger partial charge in [-0.25, -0.2) is 4.79 Å². The number of benzene rings is 3. The summed E-state index contributed by atoms with van der Waals surface area (Å²) in [6, 6.07) is 23.0. The van der Waals surface area contributed by atoms with Crippen LogP contribution in [-0.2, 0) is 41.6 Å². The van der Waals surface area contributed by atoms with Crippen molar-refractivity contribution < 1.29 is 33.9 Å². The lowest BCUT2D eigenvalue weighted by atomic mass is 10.1. The third-order valence-corrected chi connectivity index (χ3v) is 7.27. The second kappa shape index (κ2) is 14.7. The Labute approximate surface area is 254 Å². The van der Waals surface area contributed by atoms with Crippen molar-refractivity contribution in [3.8, 4) is 0 Å². The number of nitrogens with one attached hydrogen (secondary N) is 2. The third kappa shape index (κ3) is 8.15. The van der Waals surface area contributed by atoms with Crippen LogP contribution in [-0.4, -0.2) is 65.7 Å². The van der Waals surface area contributed by atoms with Gasteiger partial charge in [-0.15, -0.1) is 0 Å². The number of para-hydroxylation sites is 2. The number of hydrogen-bond acceptors (Lipinski definition) is 6. The van der Waals surface area contributed by atoms with Crippen LogP contribution < -0.4 is 20.4 Å². The van der Waals surface area contributed by atoms with Crippen molar-refractivity contribution in [2.45, 2.75) is 44.7 Å². The van der Waals surface area contributed by atoms with E-state index in [2.05, 4.69) is 10.6 Å². The van der Waals surface area contributed by atoms with E-state index in [1.165, 1.54) is 11.8 Å². The highest BCUT2D eigenvalue weighted by molar-refractivity contribution is 6.35. The second-order valence-electron chi connectivity index (χ2n) is 10.5. The topological polar surface area (TPSA) is 153 Å². The van der Waals surface area contributed by atoms with E-state index < -0.39 is 48.1 Å². The Kier molecular flexibility index (Phi) is 10.6. The van der Waals surface area contributed by atoms with Gasteiger partial charge in [-0.05, 0) is 43.0 Å². The van der Waals surface area contributed by atoms with Crippen LogP contribution in [0.3, 0.4) is 0 Å². The molecule has 0 fully saturated rings. The van der Waals surface area contributed by atoms with Crippen LogP contribution in [0.2, 0.25) is 0 Å². The molecule has 0 aromatic heterocycles. The number of carbonyl (C=O) groups excluding carboxylic acids is 5. The lowest BCUT2D eigenvalue weighted by molar-refractivity contribution is -0.150. The van der Waals surface area contributed by atoms with E-state index in [4.69, 9.17) is 5.11 Å². The van der Waals surface area contributed by atoms with Crippen molar-refractivity contribution in [2.24, 2.45) is 0 Å². The van der Waals surface area contributed by atoms with Crippen LogP contribution in [0.1, 0.15) is 30.9 Å². The first-order valence-electron chi connectivity index (χ1n) is 14.3. The molecular weight excluding hydrogens is 564 g/mol. The maximum Gasteiger partial charge on any atom is 0.374 e. The van der Waals surface area contributed by atoms with Crippen molar-refractivity contribution in [3.05, 3.63) is 96.1 Å². The predicted molar refractivity (Wildman–Crippen MR) is 163 cm³/mol. The average molecular weight is 599 g/mol. The Morgan fingerprint density at radius 2 is 1.34 bits per heavy atom. The van der Waals surface area contributed by atoms with Crippen LogP contribution >= 0.6 is 0 Å². The highest BCUT2D eigenvalue weighted by atomic mass is 16.4. The number of aliphatic carboxylic acids is 1. The van der Waals surface area contributed by atoms with E-state index in [0.29, 0.717) is 18.5 Å². The number of carboxylic acids is 1. The number of carboxylic acid groups (broad SMARTS) is 1. The molecule has 0 radical (unpaired) electrons. The lowest BCUT2D eigenvalue weighted by Gasteiger charge is -2.25. The Morgan fingerprint density at radius 3 is 1.93 bits per heavy atom. The van der Waals surface area contributed by atoms with E-state index >= 15 is 0 Å². The quantitative estimate of drug-likeness (QED) is 0.270. The number of anilines is 2. The first kappa shape index (κ1) is 31.6. The SMILES string of the molecule is C[C@H](NC(=O)CN1C(=O)[C@@H](NC(=O)CCc2ccccc2)CN(C(=O)CCc2ccccc2)c2ccccc21)C(=O)C(=O)O. The molecule has 3 aromatic rings. The number of ketones is 1. The molecule has 0 saturated heterocycles. The number of Topliss-reactive ketones (excluding diaryl/α,β-unsaturated/α-hetero) is 1. The van der Waals surface area contributed by atoms with Gasteiger partial charge in [0.1, 0.15) is 12.6 Å². The lowest BCUT2D eigenvalue weighted by Crippen LogP contribution is -2.55. The number of aryl methyl sites for hydroxylation is 2. The van der Waals surface area contributed by atoms with Gasteiger partial charge in [0.2, 0.25) is 17.7 Å². The maximum absolute atomic E-state index is 14.0. The standard InChI is InChI=1S/C33H34N4O7/c1-22(31(41)33(43)44)34-29(39)21-37-27-15-9-8-14-26(27)36(30(40)19-17-24-12-6-3-7-13-24)20-25(32(37)42)35-28(38)18-16-23-10-4-2-5-11-23/h2-15,22,25H,16-21H2,1H3,(H,34,39)(H,35,38)(H,43,44)/t22-,25-/m0/s1. The molecule has 4 rings (SSSR count). The van der Waals surface area contributed by atoms with Gasteiger partial charge in [0.15, 0.2) is 0 Å². The monoisotopic (exact) mass is 598 g/mol. The molecule has 0 saturated carbocycles. The summed E-state index contributed by atoms with van der Waals surface area (Å²) in [4.78, 5) is 79.1. The summed E-state index contributed by atoms with van der Waals surface area (Å²) in [5.74, 6) is -4.99. The molecule has 2 atom stereocenters. The number of nitrogens with zero attached hydrogens (tertiary/aromatic N) is 2. The molecule has 3 N–H and O–H groups in total. The van der Waals surface area contributed by atoms with Crippen LogP contribution in [0.15, 0.2) is 84.9 Å². The summed E-state index contributed by atoms with van der Waals surface area (Å²) in [5, 5.41) is 14.1. The molecule has 1 heterocycles. The number of rotatable bonds is 12. The van der Waals surface area contributed by atoms with Gasteiger partial charge >= 0.3 is 5.97 Å². The van der Waals surface area contributed by atoms with Gasteiger partial charge in [0.05, 0.1) is 24.0 Å². The van der Waals surface area contributed by atoms with Crippen molar-refractivity contribution in [2.75, 3.05) is 22.9 Å². The highest BCUT2D eigenvalue weighted by Crippen LogP contribution is 2.33. The smallest absolute Gasteiger partial charge is 0.374 e. The number of hydrogen-bond donors (Lipinski definition) is 3. The van der Waals surface area contributed by atoms with Crippen LogP contribution in [0.25, 0.3) is 0 Å². The van der Waals surface area contributed by atoms with Crippen LogP contribution in [0, 0.1) is 0 Å². The van der Waals surface area contributed by atoms with Gasteiger partial charge < -0.3 is 20.6 Å². The van der Waals surface area contributed by atoms with Gasteiger partial charge in [0, 0.05) is 12.8 Å². The Morgan fingerprint density at radius 1 is 0.795 bits per heavy atom. The molecule has 0 unspecified atom stereocenters. The summed E-state index contributed by atoms with van der Waals surface area (Å²) in [6.45, 7) is 0.498. The minimum Gasteiger partial charge on any atom is -0.475 e. The molecule has 11 nitrogen and oxygen atoms in total. The summed E-state index contributed by atoms with van der Waals surface area (Å²) < 4.78 is 0. The van der Waals surface area contributed by atoms with Crippen molar-refractivity contribution >= 4 is 46.8 Å². The maximum atomic E-state index is 14.0. The number of carbonyl (C=O) groups is 6. The zero-order valence-corrected chi connectivity index (χ0v) is 24.3. The Bertz CT molecular complexity index is 1530. The van der Waals surface area contributed by atoms with E-state index in [-0.39, 0.29) is 31.0 Å². The molecule has 1 aliphatic rings. The molecule has 3 aromatic carbocycles. The van der Waals surface area contributed by atoms with Crippen molar-refractivity contribution in [3.63, 3.8) is 0 Å².